The van der Waals surface area contributed by atoms with E-state index in [9.17, 15) is 14.4 Å². The van der Waals surface area contributed by atoms with E-state index in [2.05, 4.69) is 21.2 Å². The Morgan fingerprint density at radius 1 is 1.48 bits per heavy atom. The quantitative estimate of drug-likeness (QED) is 0.634. The van der Waals surface area contributed by atoms with Crippen molar-refractivity contribution in [1.82, 2.24) is 15.3 Å². The number of aromatic amines is 1. The minimum atomic E-state index is -1.19. The number of hydrogen-bond acceptors (Lipinski definition) is 4. The highest BCUT2D eigenvalue weighted by Gasteiger charge is 2.19. The van der Waals surface area contributed by atoms with Crippen LogP contribution in [0.25, 0.3) is 0 Å². The van der Waals surface area contributed by atoms with Crippen molar-refractivity contribution in [3.8, 4) is 12.3 Å². The lowest BCUT2D eigenvalue weighted by molar-refractivity contribution is -0.141. The molecule has 1 amide bonds. The standard InChI is InChI=1S/C14H17N3O4/c1-4-5-11(14(20)21)17-12(18)7-6-10-8(2)15-9(3)16-13(10)19/h1,11H,5-7H2,2-3H3,(H,17,18)(H,20,21)(H,15,16,19). The summed E-state index contributed by atoms with van der Waals surface area (Å²) in [6.07, 6.45) is 5.13. The van der Waals surface area contributed by atoms with Crippen LogP contribution in [-0.2, 0) is 16.0 Å². The smallest absolute Gasteiger partial charge is 0.327 e. The summed E-state index contributed by atoms with van der Waals surface area (Å²) in [5.41, 5.74) is 0.688. The normalized spacial score (nSPS) is 11.5. The van der Waals surface area contributed by atoms with E-state index in [0.717, 1.165) is 0 Å². The van der Waals surface area contributed by atoms with E-state index in [1.165, 1.54) is 0 Å². The zero-order valence-corrected chi connectivity index (χ0v) is 11.9. The Morgan fingerprint density at radius 3 is 2.67 bits per heavy atom. The fourth-order valence-electron chi connectivity index (χ4n) is 1.87. The van der Waals surface area contributed by atoms with Crippen LogP contribution in [0.3, 0.4) is 0 Å². The third-order valence-electron chi connectivity index (χ3n) is 2.90. The van der Waals surface area contributed by atoms with Crippen molar-refractivity contribution in [2.24, 2.45) is 0 Å². The number of H-pyrrole nitrogens is 1. The fraction of sp³-hybridized carbons (Fsp3) is 0.429. The maximum atomic E-state index is 11.8. The minimum absolute atomic E-state index is 0.0109. The lowest BCUT2D eigenvalue weighted by Gasteiger charge is -2.12. The summed E-state index contributed by atoms with van der Waals surface area (Å²) in [4.78, 5) is 41.0. The highest BCUT2D eigenvalue weighted by atomic mass is 16.4. The molecule has 21 heavy (non-hydrogen) atoms. The van der Waals surface area contributed by atoms with Gasteiger partial charge in [-0.25, -0.2) is 9.78 Å². The Kier molecular flexibility index (Phi) is 5.67. The number of terminal acetylenes is 1. The predicted octanol–water partition coefficient (Wildman–Crippen LogP) is -0.0880. The molecule has 1 atom stereocenters. The predicted molar refractivity (Wildman–Crippen MR) is 75.7 cm³/mol. The number of aliphatic carboxylic acids is 1. The molecule has 0 fully saturated rings. The second kappa shape index (κ2) is 7.24. The number of hydrogen-bond donors (Lipinski definition) is 3. The van der Waals surface area contributed by atoms with E-state index in [0.29, 0.717) is 17.1 Å². The number of carboxylic acids is 1. The Morgan fingerprint density at radius 2 is 2.14 bits per heavy atom. The Labute approximate surface area is 121 Å². The summed E-state index contributed by atoms with van der Waals surface area (Å²) in [6.45, 7) is 3.36. The third kappa shape index (κ3) is 4.76. The van der Waals surface area contributed by atoms with Gasteiger partial charge in [-0.1, -0.05) is 0 Å². The van der Waals surface area contributed by atoms with Gasteiger partial charge in [0.2, 0.25) is 5.91 Å². The highest BCUT2D eigenvalue weighted by molar-refractivity contribution is 5.83. The molecule has 1 unspecified atom stereocenters. The van der Waals surface area contributed by atoms with Crippen LogP contribution in [0.15, 0.2) is 4.79 Å². The zero-order valence-electron chi connectivity index (χ0n) is 11.9. The first-order chi connectivity index (χ1) is 9.85. The number of aryl methyl sites for hydroxylation is 2. The van der Waals surface area contributed by atoms with Gasteiger partial charge in [0.25, 0.3) is 5.56 Å². The maximum Gasteiger partial charge on any atom is 0.327 e. The summed E-state index contributed by atoms with van der Waals surface area (Å²) in [6, 6.07) is -1.11. The first-order valence-corrected chi connectivity index (χ1v) is 6.37. The molecule has 3 N–H and O–H groups in total. The van der Waals surface area contributed by atoms with Crippen molar-refractivity contribution in [1.29, 1.82) is 0 Å². The molecule has 0 spiro atoms. The fourth-order valence-corrected chi connectivity index (χ4v) is 1.87. The molecule has 0 aliphatic heterocycles. The van der Waals surface area contributed by atoms with Crippen LogP contribution in [0.1, 0.15) is 29.9 Å². The average molecular weight is 291 g/mol. The molecule has 0 bridgehead atoms. The second-order valence-corrected chi connectivity index (χ2v) is 4.58. The summed E-state index contributed by atoms with van der Waals surface area (Å²) >= 11 is 0. The summed E-state index contributed by atoms with van der Waals surface area (Å²) in [7, 11) is 0. The molecule has 1 aromatic rings. The van der Waals surface area contributed by atoms with Crippen molar-refractivity contribution >= 4 is 11.9 Å². The molecule has 112 valence electrons. The molecule has 0 aromatic carbocycles. The van der Waals surface area contributed by atoms with Crippen molar-refractivity contribution in [2.45, 2.75) is 39.2 Å². The number of carbonyl (C=O) groups is 2. The number of aromatic nitrogens is 2. The first kappa shape index (κ1) is 16.4. The first-order valence-electron chi connectivity index (χ1n) is 6.37. The molecule has 7 heteroatoms. The summed E-state index contributed by atoms with van der Waals surface area (Å²) in [5.74, 6) is 1.03. The van der Waals surface area contributed by atoms with Crippen LogP contribution in [0.4, 0.5) is 0 Å². The maximum absolute atomic E-state index is 11.8. The van der Waals surface area contributed by atoms with E-state index < -0.39 is 17.9 Å². The van der Waals surface area contributed by atoms with Gasteiger partial charge in [-0.2, -0.15) is 0 Å². The van der Waals surface area contributed by atoms with Gasteiger partial charge >= 0.3 is 5.97 Å². The van der Waals surface area contributed by atoms with Gasteiger partial charge < -0.3 is 15.4 Å². The van der Waals surface area contributed by atoms with Gasteiger partial charge in [-0.05, 0) is 20.3 Å². The lowest BCUT2D eigenvalue weighted by atomic mass is 10.1. The van der Waals surface area contributed by atoms with Crippen LogP contribution in [0.2, 0.25) is 0 Å². The molecule has 1 rings (SSSR count). The number of carboxylic acid groups (broad SMARTS) is 1. The van der Waals surface area contributed by atoms with E-state index in [1.807, 2.05) is 0 Å². The molecule has 7 nitrogen and oxygen atoms in total. The highest BCUT2D eigenvalue weighted by Crippen LogP contribution is 2.03. The van der Waals surface area contributed by atoms with E-state index >= 15 is 0 Å². The molecule has 1 heterocycles. The van der Waals surface area contributed by atoms with Crippen LogP contribution in [0, 0.1) is 26.2 Å². The van der Waals surface area contributed by atoms with Gasteiger partial charge in [-0.3, -0.25) is 9.59 Å². The van der Waals surface area contributed by atoms with E-state index in [4.69, 9.17) is 11.5 Å². The monoisotopic (exact) mass is 291 g/mol. The van der Waals surface area contributed by atoms with Gasteiger partial charge in [0.05, 0.1) is 0 Å². The number of nitrogens with zero attached hydrogens (tertiary/aromatic N) is 1. The van der Waals surface area contributed by atoms with Gasteiger partial charge in [0.1, 0.15) is 11.9 Å². The zero-order chi connectivity index (χ0) is 16.0. The van der Waals surface area contributed by atoms with Crippen LogP contribution in [0.5, 0.6) is 0 Å². The molecule has 0 aliphatic rings. The van der Waals surface area contributed by atoms with Crippen LogP contribution in [-0.4, -0.2) is 33.0 Å². The van der Waals surface area contributed by atoms with Crippen LogP contribution < -0.4 is 10.9 Å². The number of carbonyl (C=O) groups excluding carboxylic acids is 1. The Balaban J connectivity index is 2.68. The van der Waals surface area contributed by atoms with Crippen molar-refractivity contribution in [3.63, 3.8) is 0 Å². The van der Waals surface area contributed by atoms with E-state index in [1.54, 1.807) is 13.8 Å². The van der Waals surface area contributed by atoms with Gasteiger partial charge in [0, 0.05) is 24.1 Å². The Hall–Kier alpha value is -2.62. The molecule has 0 saturated carbocycles. The average Bonchev–Trinajstić information content (AvgIpc) is 2.36. The molecule has 0 saturated heterocycles. The summed E-state index contributed by atoms with van der Waals surface area (Å²) < 4.78 is 0. The minimum Gasteiger partial charge on any atom is -0.480 e. The third-order valence-corrected chi connectivity index (χ3v) is 2.90. The molecule has 1 aromatic heterocycles. The molecule has 0 aliphatic carbocycles. The topological polar surface area (TPSA) is 112 Å². The molecular formula is C14H17N3O4. The SMILES string of the molecule is C#CCC(NC(=O)CCc1c(C)nc(C)[nH]c1=O)C(=O)O. The number of rotatable bonds is 6. The molecule has 0 radical (unpaired) electrons. The number of amides is 1. The van der Waals surface area contributed by atoms with Crippen LogP contribution >= 0.6 is 0 Å². The van der Waals surface area contributed by atoms with Crippen molar-refractivity contribution < 1.29 is 14.7 Å². The molecular weight excluding hydrogens is 274 g/mol. The largest absolute Gasteiger partial charge is 0.480 e. The second-order valence-electron chi connectivity index (χ2n) is 4.58. The van der Waals surface area contributed by atoms with Crippen molar-refractivity contribution in [3.05, 3.63) is 27.4 Å². The van der Waals surface area contributed by atoms with Crippen molar-refractivity contribution in [2.75, 3.05) is 0 Å². The number of nitrogens with one attached hydrogen (secondary N) is 2. The summed E-state index contributed by atoms with van der Waals surface area (Å²) in [5, 5.41) is 11.2. The lowest BCUT2D eigenvalue weighted by Crippen LogP contribution is -2.40. The van der Waals surface area contributed by atoms with E-state index in [-0.39, 0.29) is 24.8 Å². The van der Waals surface area contributed by atoms with Gasteiger partial charge in [0.15, 0.2) is 0 Å². The Bertz CT molecular complexity index is 643. The van der Waals surface area contributed by atoms with Gasteiger partial charge in [-0.15, -0.1) is 12.3 Å².